The van der Waals surface area contributed by atoms with Crippen LogP contribution >= 0.6 is 0 Å². The molecule has 0 aliphatic carbocycles. The molecule has 4 aliphatic heterocycles. The van der Waals surface area contributed by atoms with Gasteiger partial charge in [-0.2, -0.15) is 0 Å². The number of aliphatic imine (C=N–C) groups is 1. The van der Waals surface area contributed by atoms with Gasteiger partial charge in [0.15, 0.2) is 0 Å². The Kier molecular flexibility index (Phi) is 3.04. The number of rotatable bonds is 2. The van der Waals surface area contributed by atoms with E-state index in [1.54, 1.807) is 0 Å². The molecule has 0 amide bonds. The highest BCUT2D eigenvalue weighted by Crippen LogP contribution is 2.32. The number of hydrogen-bond acceptors (Lipinski definition) is 5. The van der Waals surface area contributed by atoms with Crippen LogP contribution in [0.15, 0.2) is 28.7 Å². The summed E-state index contributed by atoms with van der Waals surface area (Å²) in [6, 6.07) is 1.02. The molecule has 0 aromatic carbocycles. The van der Waals surface area contributed by atoms with E-state index < -0.39 is 0 Å². The van der Waals surface area contributed by atoms with Crippen molar-refractivity contribution in [2.24, 2.45) is 10.7 Å². The summed E-state index contributed by atoms with van der Waals surface area (Å²) in [5, 5.41) is 0. The molecule has 108 valence electrons. The van der Waals surface area contributed by atoms with Gasteiger partial charge in [0.05, 0.1) is 12.6 Å². The number of nitrogens with zero attached hydrogens (tertiary/aromatic N) is 4. The van der Waals surface area contributed by atoms with Crippen molar-refractivity contribution in [1.82, 2.24) is 14.7 Å². The van der Waals surface area contributed by atoms with Crippen LogP contribution in [0.4, 0.5) is 0 Å². The van der Waals surface area contributed by atoms with E-state index in [1.165, 1.54) is 5.82 Å². The van der Waals surface area contributed by atoms with Crippen molar-refractivity contribution < 1.29 is 0 Å². The number of piperidine rings is 1. The predicted octanol–water partition coefficient (Wildman–Crippen LogP) is 0.219. The molecular formula is C15H23N5. The van der Waals surface area contributed by atoms with Crippen LogP contribution in [-0.2, 0) is 0 Å². The van der Waals surface area contributed by atoms with Crippen LogP contribution in [0.2, 0.25) is 0 Å². The van der Waals surface area contributed by atoms with Gasteiger partial charge in [-0.1, -0.05) is 6.08 Å². The van der Waals surface area contributed by atoms with Crippen molar-refractivity contribution in [2.45, 2.75) is 24.9 Å². The van der Waals surface area contributed by atoms with Gasteiger partial charge in [-0.05, 0) is 32.0 Å². The van der Waals surface area contributed by atoms with Crippen molar-refractivity contribution in [1.29, 1.82) is 0 Å². The molecule has 0 saturated carbocycles. The van der Waals surface area contributed by atoms with E-state index in [2.05, 4.69) is 31.8 Å². The van der Waals surface area contributed by atoms with Gasteiger partial charge < -0.3 is 20.4 Å². The zero-order valence-corrected chi connectivity index (χ0v) is 11.9. The Morgan fingerprint density at radius 3 is 2.95 bits per heavy atom. The molecule has 4 heterocycles. The fourth-order valence-corrected chi connectivity index (χ4v) is 3.78. The molecule has 0 bridgehead atoms. The number of allylic oxidation sites excluding steroid dienone is 1. The van der Waals surface area contributed by atoms with E-state index in [4.69, 9.17) is 5.73 Å². The minimum Gasteiger partial charge on any atom is -0.349 e. The zero-order valence-electron chi connectivity index (χ0n) is 11.9. The molecule has 5 nitrogen and oxygen atoms in total. The van der Waals surface area contributed by atoms with Crippen LogP contribution in [0, 0.1) is 0 Å². The second-order valence-corrected chi connectivity index (χ2v) is 6.27. The summed E-state index contributed by atoms with van der Waals surface area (Å²) >= 11 is 0. The summed E-state index contributed by atoms with van der Waals surface area (Å²) in [6.45, 7) is 6.60. The molecule has 0 radical (unpaired) electrons. The maximum atomic E-state index is 6.00. The third-order valence-electron chi connectivity index (χ3n) is 4.88. The van der Waals surface area contributed by atoms with Gasteiger partial charge in [0.25, 0.3) is 0 Å². The van der Waals surface area contributed by atoms with E-state index >= 15 is 0 Å². The Hall–Kier alpha value is -1.33. The molecule has 4 rings (SSSR count). The molecule has 4 aliphatic rings. The summed E-state index contributed by atoms with van der Waals surface area (Å²) in [4.78, 5) is 12.1. The summed E-state index contributed by atoms with van der Waals surface area (Å²) in [7, 11) is 0. The molecule has 0 unspecified atom stereocenters. The van der Waals surface area contributed by atoms with Crippen molar-refractivity contribution >= 4 is 6.21 Å². The minimum atomic E-state index is 0.418. The Labute approximate surface area is 120 Å². The topological polar surface area (TPSA) is 48.1 Å². The van der Waals surface area contributed by atoms with Gasteiger partial charge >= 0.3 is 0 Å². The molecule has 1 atom stereocenters. The van der Waals surface area contributed by atoms with E-state index in [9.17, 15) is 0 Å². The lowest BCUT2D eigenvalue weighted by atomic mass is 10.1. The fraction of sp³-hybridized carbons (Fsp3) is 0.667. The van der Waals surface area contributed by atoms with Crippen LogP contribution in [-0.4, -0.2) is 72.3 Å². The average molecular weight is 273 g/mol. The minimum absolute atomic E-state index is 0.418. The van der Waals surface area contributed by atoms with Crippen molar-refractivity contribution in [3.63, 3.8) is 0 Å². The van der Waals surface area contributed by atoms with Crippen LogP contribution in [0.5, 0.6) is 0 Å². The Morgan fingerprint density at radius 2 is 2.10 bits per heavy atom. The summed E-state index contributed by atoms with van der Waals surface area (Å²) in [5.74, 6) is 1.36. The molecule has 0 aromatic heterocycles. The SMILES string of the molecule is NC1CCN(C[C@@H]2CN3CC=NC4=C3N2CC=C4)CC1. The Bertz CT molecular complexity index is 469. The largest absolute Gasteiger partial charge is 0.349 e. The first-order valence-corrected chi connectivity index (χ1v) is 7.74. The van der Waals surface area contributed by atoms with Crippen LogP contribution in [0.1, 0.15) is 12.8 Å². The summed E-state index contributed by atoms with van der Waals surface area (Å²) < 4.78 is 0. The van der Waals surface area contributed by atoms with E-state index in [1.807, 2.05) is 6.21 Å². The van der Waals surface area contributed by atoms with Gasteiger partial charge in [0.2, 0.25) is 0 Å². The highest BCUT2D eigenvalue weighted by Gasteiger charge is 2.38. The second kappa shape index (κ2) is 4.90. The third kappa shape index (κ3) is 2.05. The van der Waals surface area contributed by atoms with E-state index in [0.717, 1.165) is 57.8 Å². The molecule has 5 heteroatoms. The predicted molar refractivity (Wildman–Crippen MR) is 80.4 cm³/mol. The molecule has 20 heavy (non-hydrogen) atoms. The number of nitrogens with two attached hydrogens (primary N) is 1. The first-order chi connectivity index (χ1) is 9.81. The molecular weight excluding hydrogens is 250 g/mol. The van der Waals surface area contributed by atoms with Crippen molar-refractivity contribution in [3.05, 3.63) is 23.7 Å². The molecule has 2 fully saturated rings. The maximum absolute atomic E-state index is 6.00. The van der Waals surface area contributed by atoms with Gasteiger partial charge in [-0.25, -0.2) is 0 Å². The number of hydrogen-bond donors (Lipinski definition) is 1. The second-order valence-electron chi connectivity index (χ2n) is 6.27. The zero-order chi connectivity index (χ0) is 13.5. The smallest absolute Gasteiger partial charge is 0.131 e. The normalized spacial score (nSPS) is 30.4. The quantitative estimate of drug-likeness (QED) is 0.782. The highest BCUT2D eigenvalue weighted by molar-refractivity contribution is 5.65. The monoisotopic (exact) mass is 273 g/mol. The Morgan fingerprint density at radius 1 is 1.25 bits per heavy atom. The average Bonchev–Trinajstić information content (AvgIpc) is 2.82. The fourth-order valence-electron chi connectivity index (χ4n) is 3.78. The van der Waals surface area contributed by atoms with Gasteiger partial charge in [0, 0.05) is 31.9 Å². The number of likely N-dealkylation sites (tertiary alicyclic amines) is 1. The summed E-state index contributed by atoms with van der Waals surface area (Å²) in [5.41, 5.74) is 7.15. The van der Waals surface area contributed by atoms with Crippen molar-refractivity contribution in [2.75, 3.05) is 39.3 Å². The summed E-state index contributed by atoms with van der Waals surface area (Å²) in [6.07, 6.45) is 8.73. The molecule has 2 saturated heterocycles. The molecule has 0 spiro atoms. The lowest BCUT2D eigenvalue weighted by Gasteiger charge is -2.35. The Balaban J connectivity index is 1.47. The molecule has 2 N–H and O–H groups in total. The van der Waals surface area contributed by atoms with E-state index in [-0.39, 0.29) is 0 Å². The van der Waals surface area contributed by atoms with Crippen LogP contribution < -0.4 is 5.73 Å². The first kappa shape index (κ1) is 12.4. The van der Waals surface area contributed by atoms with Gasteiger partial charge in [-0.3, -0.25) is 4.99 Å². The van der Waals surface area contributed by atoms with Crippen molar-refractivity contribution in [3.8, 4) is 0 Å². The lowest BCUT2D eigenvalue weighted by Crippen LogP contribution is -2.46. The standard InChI is InChI=1S/C15H23N5/c16-12-3-7-18(8-4-12)10-13-11-19-9-5-17-14-2-1-6-20(13)15(14)19/h1-2,5,12-13H,3-4,6-11,16H2/t13-/m1/s1. The van der Waals surface area contributed by atoms with Crippen LogP contribution in [0.3, 0.4) is 0 Å². The van der Waals surface area contributed by atoms with Crippen LogP contribution in [0.25, 0.3) is 0 Å². The maximum Gasteiger partial charge on any atom is 0.131 e. The first-order valence-electron chi connectivity index (χ1n) is 7.74. The molecule has 0 aromatic rings. The van der Waals surface area contributed by atoms with Gasteiger partial charge in [-0.15, -0.1) is 0 Å². The van der Waals surface area contributed by atoms with E-state index in [0.29, 0.717) is 12.1 Å². The highest BCUT2D eigenvalue weighted by atomic mass is 15.4. The van der Waals surface area contributed by atoms with Gasteiger partial charge in [0.1, 0.15) is 11.5 Å². The third-order valence-corrected chi connectivity index (χ3v) is 4.88. The lowest BCUT2D eigenvalue weighted by molar-refractivity contribution is 0.166.